The van der Waals surface area contributed by atoms with E-state index in [1.54, 1.807) is 32.0 Å². The summed E-state index contributed by atoms with van der Waals surface area (Å²) >= 11 is 16.3. The van der Waals surface area contributed by atoms with Gasteiger partial charge in [0.25, 0.3) is 5.91 Å². The Morgan fingerprint density at radius 1 is 1.25 bits per heavy atom. The highest BCUT2D eigenvalue weighted by Crippen LogP contribution is 2.42. The second kappa shape index (κ2) is 9.72. The molecule has 36 heavy (non-hydrogen) atoms. The number of halogens is 5. The normalized spacial score (nSPS) is 19.2. The van der Waals surface area contributed by atoms with E-state index >= 15 is 0 Å². The number of amides is 1. The lowest BCUT2D eigenvalue weighted by Gasteiger charge is -2.33. The monoisotopic (exact) mass is 597 g/mol. The first-order valence-corrected chi connectivity index (χ1v) is 12.3. The largest absolute Gasteiger partial charge is 0.338 e. The van der Waals surface area contributed by atoms with Gasteiger partial charge in [0, 0.05) is 21.3 Å². The topological polar surface area (TPSA) is 86.9 Å². The minimum absolute atomic E-state index is 0.127. The van der Waals surface area contributed by atoms with Crippen molar-refractivity contribution in [3.8, 4) is 11.4 Å². The number of guanidine groups is 1. The summed E-state index contributed by atoms with van der Waals surface area (Å²) in [5.74, 6) is -0.690. The molecule has 7 nitrogen and oxygen atoms in total. The van der Waals surface area contributed by atoms with Crippen LogP contribution in [0.5, 0.6) is 0 Å². The third kappa shape index (κ3) is 4.86. The maximum atomic E-state index is 14.0. The van der Waals surface area contributed by atoms with E-state index in [-0.39, 0.29) is 28.8 Å². The number of benzene rings is 2. The Morgan fingerprint density at radius 3 is 2.53 bits per heavy atom. The third-order valence-corrected chi connectivity index (χ3v) is 6.86. The number of aromatic nitrogens is 3. The standard InChI is InChI=1S/C24H22BrCl2F2N6O/c1-13(14-4-9-18(26)17(10-14)19-31-12-32-35(19)21(28)29)34-20(36)24(33-22(34)30,11-23(2,3)27)15-5-7-16(25)8-6-15/h4-10,12-13,21H,1,11H2,2-3H3,(H2,30,33)/t13-,24+/m0/s1. The molecule has 1 saturated heterocycles. The molecule has 12 heteroatoms. The van der Waals surface area contributed by atoms with Gasteiger partial charge >= 0.3 is 6.55 Å². The van der Waals surface area contributed by atoms with E-state index in [4.69, 9.17) is 28.6 Å². The number of nitrogens with zero attached hydrogens (tertiary/aromatic N) is 4. The molecule has 1 radical (unpaired) electrons. The molecule has 1 aliphatic heterocycles. The molecule has 0 unspecified atom stereocenters. The second-order valence-corrected chi connectivity index (χ2v) is 11.4. The van der Waals surface area contributed by atoms with Gasteiger partial charge in [-0.25, -0.2) is 4.98 Å². The van der Waals surface area contributed by atoms with E-state index in [2.05, 4.69) is 38.3 Å². The van der Waals surface area contributed by atoms with E-state index in [0.29, 0.717) is 15.8 Å². The van der Waals surface area contributed by atoms with Crippen LogP contribution in [0.25, 0.3) is 11.4 Å². The SMILES string of the molecule is [CH2][C@@H](c1ccc(Cl)c(-c2ncnn2C(F)F)c1)N1C(=N)N[C@](CC(C)(C)Cl)(c2ccc(Br)cc2)C1=O. The molecule has 0 bridgehead atoms. The summed E-state index contributed by atoms with van der Waals surface area (Å²) in [6.45, 7) is 4.79. The number of rotatable bonds is 7. The molecule has 2 aromatic carbocycles. The Morgan fingerprint density at radius 2 is 1.92 bits per heavy atom. The van der Waals surface area contributed by atoms with Crippen LogP contribution in [0.1, 0.15) is 44.0 Å². The van der Waals surface area contributed by atoms with Crippen molar-refractivity contribution in [1.29, 1.82) is 5.41 Å². The molecule has 189 valence electrons. The van der Waals surface area contributed by atoms with Gasteiger partial charge < -0.3 is 5.32 Å². The Bertz CT molecular complexity index is 1310. The summed E-state index contributed by atoms with van der Waals surface area (Å²) in [5.41, 5.74) is 0.0118. The molecule has 0 aliphatic carbocycles. The lowest BCUT2D eigenvalue weighted by Crippen LogP contribution is -2.47. The summed E-state index contributed by atoms with van der Waals surface area (Å²) in [6.07, 6.45) is 1.20. The van der Waals surface area contributed by atoms with Gasteiger partial charge in [-0.3, -0.25) is 15.1 Å². The van der Waals surface area contributed by atoms with Crippen LogP contribution in [0.15, 0.2) is 53.3 Å². The average molecular weight is 599 g/mol. The van der Waals surface area contributed by atoms with Crippen LogP contribution in [0.4, 0.5) is 8.78 Å². The van der Waals surface area contributed by atoms with Gasteiger partial charge in [0.05, 0.1) is 11.1 Å². The van der Waals surface area contributed by atoms with Crippen molar-refractivity contribution in [3.63, 3.8) is 0 Å². The minimum atomic E-state index is -2.92. The zero-order valence-corrected chi connectivity index (χ0v) is 22.4. The molecule has 2 atom stereocenters. The quantitative estimate of drug-likeness (QED) is 0.312. The van der Waals surface area contributed by atoms with Crippen molar-refractivity contribution in [3.05, 3.63) is 76.3 Å². The van der Waals surface area contributed by atoms with Crippen molar-refractivity contribution in [2.45, 2.75) is 43.3 Å². The van der Waals surface area contributed by atoms with E-state index in [9.17, 15) is 13.6 Å². The van der Waals surface area contributed by atoms with Crippen LogP contribution in [0, 0.1) is 12.3 Å². The maximum absolute atomic E-state index is 14.0. The fourth-order valence-corrected chi connectivity index (χ4v) is 5.03. The fourth-order valence-electron chi connectivity index (χ4n) is 4.36. The lowest BCUT2D eigenvalue weighted by molar-refractivity contribution is -0.133. The fraction of sp³-hybridized carbons (Fsp3) is 0.292. The van der Waals surface area contributed by atoms with Crippen LogP contribution < -0.4 is 5.32 Å². The first kappa shape index (κ1) is 26.5. The predicted octanol–water partition coefficient (Wildman–Crippen LogP) is 6.30. The zero-order valence-electron chi connectivity index (χ0n) is 19.3. The van der Waals surface area contributed by atoms with Gasteiger partial charge in [-0.05, 0) is 56.2 Å². The smallest absolute Gasteiger partial charge is 0.335 e. The third-order valence-electron chi connectivity index (χ3n) is 5.86. The van der Waals surface area contributed by atoms with Gasteiger partial charge in [-0.1, -0.05) is 45.7 Å². The molecular weight excluding hydrogens is 577 g/mol. The van der Waals surface area contributed by atoms with Gasteiger partial charge in [-0.15, -0.1) is 11.6 Å². The van der Waals surface area contributed by atoms with Crippen LogP contribution in [-0.4, -0.2) is 36.4 Å². The molecule has 1 aliphatic rings. The van der Waals surface area contributed by atoms with E-state index < -0.39 is 28.9 Å². The predicted molar refractivity (Wildman–Crippen MR) is 138 cm³/mol. The highest BCUT2D eigenvalue weighted by Gasteiger charge is 2.54. The number of carbonyl (C=O) groups excluding carboxylic acids is 1. The number of hydrogen-bond acceptors (Lipinski definition) is 4. The summed E-state index contributed by atoms with van der Waals surface area (Å²) in [4.78, 5) is 18.4. The van der Waals surface area contributed by atoms with E-state index in [1.807, 2.05) is 12.1 Å². The zero-order chi connectivity index (χ0) is 26.4. The maximum Gasteiger partial charge on any atom is 0.335 e. The number of nitrogens with one attached hydrogen (secondary N) is 2. The van der Waals surface area contributed by atoms with Gasteiger partial charge in [0.15, 0.2) is 11.8 Å². The molecule has 2 heterocycles. The summed E-state index contributed by atoms with van der Waals surface area (Å²) in [6, 6.07) is 11.0. The Labute approximate surface area is 225 Å². The molecule has 0 saturated carbocycles. The molecule has 0 spiro atoms. The van der Waals surface area contributed by atoms with Crippen molar-refractivity contribution in [2.75, 3.05) is 0 Å². The molecule has 1 amide bonds. The summed E-state index contributed by atoms with van der Waals surface area (Å²) < 4.78 is 28.1. The first-order chi connectivity index (χ1) is 16.8. The van der Waals surface area contributed by atoms with E-state index in [0.717, 1.165) is 10.8 Å². The Hall–Kier alpha value is -2.56. The molecular formula is C24H22BrCl2F2N6O. The number of carbonyl (C=O) groups is 1. The minimum Gasteiger partial charge on any atom is -0.338 e. The second-order valence-electron chi connectivity index (χ2n) is 9.02. The highest BCUT2D eigenvalue weighted by molar-refractivity contribution is 9.10. The van der Waals surface area contributed by atoms with Crippen LogP contribution in [0.2, 0.25) is 5.02 Å². The molecule has 1 aromatic heterocycles. The highest BCUT2D eigenvalue weighted by atomic mass is 79.9. The first-order valence-electron chi connectivity index (χ1n) is 10.8. The van der Waals surface area contributed by atoms with Crippen molar-refractivity contribution >= 4 is 51.0 Å². The average Bonchev–Trinajstić information content (AvgIpc) is 3.37. The van der Waals surface area contributed by atoms with Crippen LogP contribution in [-0.2, 0) is 10.3 Å². The number of alkyl halides is 3. The molecule has 4 rings (SSSR count). The molecule has 1 fully saturated rings. The van der Waals surface area contributed by atoms with E-state index in [1.165, 1.54) is 17.0 Å². The van der Waals surface area contributed by atoms with Gasteiger partial charge in [0.1, 0.15) is 11.9 Å². The Kier molecular flexibility index (Phi) is 7.15. The number of hydrogen-bond donors (Lipinski definition) is 2. The van der Waals surface area contributed by atoms with Crippen molar-refractivity contribution in [2.24, 2.45) is 0 Å². The van der Waals surface area contributed by atoms with Crippen molar-refractivity contribution in [1.82, 2.24) is 25.0 Å². The van der Waals surface area contributed by atoms with Crippen molar-refractivity contribution < 1.29 is 13.6 Å². The van der Waals surface area contributed by atoms with Gasteiger partial charge in [0.2, 0.25) is 0 Å². The van der Waals surface area contributed by atoms with Crippen LogP contribution >= 0.6 is 39.1 Å². The molecule has 3 aromatic rings. The Balaban J connectivity index is 1.75. The molecule has 2 N–H and O–H groups in total. The summed E-state index contributed by atoms with van der Waals surface area (Å²) in [7, 11) is 0. The van der Waals surface area contributed by atoms with Crippen LogP contribution in [0.3, 0.4) is 0 Å². The lowest BCUT2D eigenvalue weighted by atomic mass is 9.81. The van der Waals surface area contributed by atoms with Gasteiger partial charge in [-0.2, -0.15) is 18.6 Å². The summed E-state index contributed by atoms with van der Waals surface area (Å²) in [5, 5.41) is 15.4.